The number of aliphatic hydroxyl groups excluding tert-OH is 3. The lowest BCUT2D eigenvalue weighted by Crippen LogP contribution is -2.33. The molecule has 0 unspecified atom stereocenters. The van der Waals surface area contributed by atoms with E-state index in [1.165, 1.54) is 22.0 Å². The molecule has 4 atom stereocenters. The van der Waals surface area contributed by atoms with E-state index in [-0.39, 0.29) is 5.82 Å². The van der Waals surface area contributed by atoms with Gasteiger partial charge in [-0.3, -0.25) is 14.5 Å². The van der Waals surface area contributed by atoms with Crippen LogP contribution in [0.5, 0.6) is 0 Å². The number of carbonyl (C=O) groups excluding carboxylic acids is 1. The van der Waals surface area contributed by atoms with Crippen molar-refractivity contribution in [1.29, 1.82) is 0 Å². The zero-order chi connectivity index (χ0) is 25.2. The molecule has 1 aliphatic rings. The van der Waals surface area contributed by atoms with Gasteiger partial charge in [0.25, 0.3) is 0 Å². The predicted molar refractivity (Wildman–Crippen MR) is 129 cm³/mol. The maximum Gasteiger partial charge on any atom is 0.214 e. The van der Waals surface area contributed by atoms with E-state index in [1.807, 2.05) is 37.3 Å². The largest absolute Gasteiger partial charge is 0.394 e. The zero-order valence-corrected chi connectivity index (χ0v) is 19.4. The van der Waals surface area contributed by atoms with E-state index in [1.54, 1.807) is 0 Å². The molecule has 5 N–H and O–H groups in total. The third kappa shape index (κ3) is 4.18. The Morgan fingerprint density at radius 2 is 2.03 bits per heavy atom. The maximum absolute atomic E-state index is 11.6. The molecule has 1 aromatic carbocycles. The highest BCUT2D eigenvalue weighted by molar-refractivity contribution is 5.88. The van der Waals surface area contributed by atoms with Crippen LogP contribution < -0.4 is 10.2 Å². The minimum atomic E-state index is -1.31. The number of imidazole rings is 1. The van der Waals surface area contributed by atoms with Gasteiger partial charge in [-0.05, 0) is 12.5 Å². The van der Waals surface area contributed by atoms with Gasteiger partial charge in [0.05, 0.1) is 24.8 Å². The second kappa shape index (κ2) is 9.99. The Morgan fingerprint density at radius 3 is 2.72 bits per heavy atom. The molecule has 1 fully saturated rings. The first-order valence-corrected chi connectivity index (χ1v) is 11.5. The Morgan fingerprint density at radius 1 is 1.22 bits per heavy atom. The van der Waals surface area contributed by atoms with Gasteiger partial charge >= 0.3 is 0 Å². The Hall–Kier alpha value is -3.91. The van der Waals surface area contributed by atoms with E-state index in [2.05, 4.69) is 30.5 Å². The number of H-pyrrole nitrogens is 1. The summed E-state index contributed by atoms with van der Waals surface area (Å²) in [6, 6.07) is 9.74. The lowest BCUT2D eigenvalue weighted by Gasteiger charge is -2.18. The van der Waals surface area contributed by atoms with Crippen LogP contribution in [0.2, 0.25) is 0 Å². The molecule has 1 aliphatic heterocycles. The number of hydrogen-bond acceptors (Lipinski definition) is 10. The van der Waals surface area contributed by atoms with Crippen molar-refractivity contribution in [2.45, 2.75) is 38.0 Å². The second-order valence-corrected chi connectivity index (χ2v) is 8.31. The van der Waals surface area contributed by atoms with E-state index in [4.69, 9.17) is 4.74 Å². The van der Waals surface area contributed by atoms with Crippen LogP contribution in [0.15, 0.2) is 42.9 Å². The zero-order valence-electron chi connectivity index (χ0n) is 19.4. The topological polar surface area (TPSA) is 175 Å². The summed E-state index contributed by atoms with van der Waals surface area (Å²) in [7, 11) is 0. The van der Waals surface area contributed by atoms with Gasteiger partial charge in [0, 0.05) is 13.1 Å². The van der Waals surface area contributed by atoms with Crippen LogP contribution in [-0.4, -0.2) is 82.9 Å². The SMILES string of the molecule is CCN(C=O)c1cn[nH]c1-c1nc(NCc2ccccc2)c2ncn([C@@H]3O[C@H](CO)[C@@H](O)[C@H]3O)c2n1. The molecule has 3 aromatic heterocycles. The molecule has 13 nitrogen and oxygen atoms in total. The van der Waals surface area contributed by atoms with Crippen LogP contribution in [0, 0.1) is 0 Å². The summed E-state index contributed by atoms with van der Waals surface area (Å²) in [5, 5.41) is 40.6. The minimum Gasteiger partial charge on any atom is -0.394 e. The number of nitrogens with one attached hydrogen (secondary N) is 2. The molecule has 0 aliphatic carbocycles. The van der Waals surface area contributed by atoms with Crippen LogP contribution in [0.25, 0.3) is 22.7 Å². The smallest absolute Gasteiger partial charge is 0.214 e. The van der Waals surface area contributed by atoms with Crippen LogP contribution >= 0.6 is 0 Å². The first kappa shape index (κ1) is 23.8. The highest BCUT2D eigenvalue weighted by Crippen LogP contribution is 2.34. The summed E-state index contributed by atoms with van der Waals surface area (Å²) < 4.78 is 7.19. The van der Waals surface area contributed by atoms with E-state index in [0.717, 1.165) is 5.56 Å². The Bertz CT molecular complexity index is 1340. The van der Waals surface area contributed by atoms with Crippen LogP contribution in [0.1, 0.15) is 18.7 Å². The molecule has 13 heteroatoms. The normalized spacial score (nSPS) is 21.7. The van der Waals surface area contributed by atoms with Crippen molar-refractivity contribution < 1.29 is 24.9 Å². The van der Waals surface area contributed by atoms with Gasteiger partial charge < -0.3 is 30.3 Å². The first-order chi connectivity index (χ1) is 17.5. The molecular formula is C23H26N8O5. The Labute approximate surface area is 205 Å². The van der Waals surface area contributed by atoms with Gasteiger partial charge in [0.2, 0.25) is 6.41 Å². The van der Waals surface area contributed by atoms with Gasteiger partial charge in [-0.25, -0.2) is 15.0 Å². The standard InChI is InChI=1S/C23H26N8O5/c1-2-30(12-33)14-9-26-29-16(14)21-27-20(24-8-13-6-4-3-5-7-13)17-22(28-21)31(11-25-17)23-19(35)18(34)15(10-32)36-23/h3-7,9,11-12,15,18-19,23,32,34-35H,2,8,10H2,1H3,(H,26,29)(H,24,27,28)/t15-,18-,19-,23-/m1/s1. The average Bonchev–Trinajstić information content (AvgIpc) is 3.62. The quantitative estimate of drug-likeness (QED) is 0.205. The minimum absolute atomic E-state index is 0.236. The molecule has 5 rings (SSSR count). The fraction of sp³-hybridized carbons (Fsp3) is 0.348. The number of benzene rings is 1. The van der Waals surface area contributed by atoms with Crippen molar-refractivity contribution in [2.75, 3.05) is 23.4 Å². The molecule has 0 bridgehead atoms. The summed E-state index contributed by atoms with van der Waals surface area (Å²) >= 11 is 0. The number of aliphatic hydroxyl groups is 3. The average molecular weight is 495 g/mol. The number of aromatic nitrogens is 6. The lowest BCUT2D eigenvalue weighted by atomic mass is 10.1. The van der Waals surface area contributed by atoms with Gasteiger partial charge in [-0.2, -0.15) is 5.10 Å². The van der Waals surface area contributed by atoms with Crippen molar-refractivity contribution in [1.82, 2.24) is 29.7 Å². The van der Waals surface area contributed by atoms with Gasteiger partial charge in [0.1, 0.15) is 24.0 Å². The predicted octanol–water partition coefficient (Wildman–Crippen LogP) is 0.423. The van der Waals surface area contributed by atoms with Crippen molar-refractivity contribution in [3.05, 3.63) is 48.4 Å². The Kier molecular flexibility index (Phi) is 6.61. The Balaban J connectivity index is 1.62. The molecule has 1 amide bonds. The summed E-state index contributed by atoms with van der Waals surface area (Å²) in [6.07, 6.45) is -0.924. The maximum atomic E-state index is 11.6. The van der Waals surface area contributed by atoms with Crippen LogP contribution in [0.4, 0.5) is 11.5 Å². The number of rotatable bonds is 9. The highest BCUT2D eigenvalue weighted by Gasteiger charge is 2.44. The van der Waals surface area contributed by atoms with Gasteiger partial charge in [0.15, 0.2) is 29.0 Å². The van der Waals surface area contributed by atoms with E-state index in [9.17, 15) is 20.1 Å². The molecule has 1 saturated heterocycles. The monoisotopic (exact) mass is 494 g/mol. The van der Waals surface area contributed by atoms with Crippen LogP contribution in [0.3, 0.4) is 0 Å². The fourth-order valence-corrected chi connectivity index (χ4v) is 4.19. The summed E-state index contributed by atoms with van der Waals surface area (Å²) in [5.41, 5.74) is 2.67. The van der Waals surface area contributed by atoms with Gasteiger partial charge in [-0.15, -0.1) is 0 Å². The number of aromatic amines is 1. The molecule has 36 heavy (non-hydrogen) atoms. The van der Waals surface area contributed by atoms with Crippen molar-refractivity contribution in [2.24, 2.45) is 0 Å². The molecular weight excluding hydrogens is 468 g/mol. The lowest BCUT2D eigenvalue weighted by molar-refractivity contribution is -0.107. The number of hydrogen-bond donors (Lipinski definition) is 5. The number of ether oxygens (including phenoxy) is 1. The number of amides is 1. The van der Waals surface area contributed by atoms with Crippen molar-refractivity contribution >= 4 is 29.1 Å². The number of nitrogens with zero attached hydrogens (tertiary/aromatic N) is 6. The van der Waals surface area contributed by atoms with Gasteiger partial charge in [-0.1, -0.05) is 30.3 Å². The number of carbonyl (C=O) groups is 1. The summed E-state index contributed by atoms with van der Waals surface area (Å²) in [4.78, 5) is 26.8. The van der Waals surface area contributed by atoms with E-state index < -0.39 is 31.1 Å². The van der Waals surface area contributed by atoms with E-state index >= 15 is 0 Å². The number of fused-ring (bicyclic) bond motifs is 1. The molecule has 4 heterocycles. The molecule has 0 spiro atoms. The summed E-state index contributed by atoms with van der Waals surface area (Å²) in [6.45, 7) is 2.25. The molecule has 4 aromatic rings. The van der Waals surface area contributed by atoms with Crippen LogP contribution in [-0.2, 0) is 16.1 Å². The first-order valence-electron chi connectivity index (χ1n) is 11.5. The molecule has 0 radical (unpaired) electrons. The summed E-state index contributed by atoms with van der Waals surface area (Å²) in [5.74, 6) is 0.651. The van der Waals surface area contributed by atoms with Crippen molar-refractivity contribution in [3.63, 3.8) is 0 Å². The third-order valence-electron chi connectivity index (χ3n) is 6.14. The fourth-order valence-electron chi connectivity index (χ4n) is 4.19. The highest BCUT2D eigenvalue weighted by atomic mass is 16.6. The third-order valence-corrected chi connectivity index (χ3v) is 6.14. The molecule has 188 valence electrons. The second-order valence-electron chi connectivity index (χ2n) is 8.31. The van der Waals surface area contributed by atoms with Crippen molar-refractivity contribution in [3.8, 4) is 11.5 Å². The number of anilines is 2. The van der Waals surface area contributed by atoms with E-state index in [0.29, 0.717) is 47.9 Å². The molecule has 0 saturated carbocycles.